The van der Waals surface area contributed by atoms with Crippen molar-refractivity contribution >= 4 is 0 Å². The largest absolute Gasteiger partial charge is 0.381 e. The first-order valence-electron chi connectivity index (χ1n) is 10.5. The predicted octanol–water partition coefficient (Wildman–Crippen LogP) is 6.77. The van der Waals surface area contributed by atoms with E-state index in [4.69, 9.17) is 4.74 Å². The normalized spacial score (nSPS) is 32.4. The first-order chi connectivity index (χ1) is 11.3. The molecule has 2 fully saturated rings. The van der Waals surface area contributed by atoms with Crippen molar-refractivity contribution in [2.24, 2.45) is 23.7 Å². The lowest BCUT2D eigenvalue weighted by Crippen LogP contribution is -2.27. The van der Waals surface area contributed by atoms with Gasteiger partial charge in [-0.3, -0.25) is 0 Å². The van der Waals surface area contributed by atoms with Gasteiger partial charge >= 0.3 is 0 Å². The van der Waals surface area contributed by atoms with Gasteiger partial charge < -0.3 is 4.74 Å². The van der Waals surface area contributed by atoms with Gasteiger partial charge in [0.05, 0.1) is 0 Å². The molecule has 0 amide bonds. The highest BCUT2D eigenvalue weighted by Crippen LogP contribution is 2.42. The van der Waals surface area contributed by atoms with Gasteiger partial charge in [0, 0.05) is 13.2 Å². The fraction of sp³-hybridized carbons (Fsp3) is 0.909. The van der Waals surface area contributed by atoms with Gasteiger partial charge in [0.2, 0.25) is 0 Å². The summed E-state index contributed by atoms with van der Waals surface area (Å²) in [7, 11) is 0. The van der Waals surface area contributed by atoms with Crippen LogP contribution in [0, 0.1) is 23.7 Å². The third-order valence-electron chi connectivity index (χ3n) is 6.37. The van der Waals surface area contributed by atoms with Gasteiger partial charge in [0.15, 0.2) is 0 Å². The molecule has 0 aromatic rings. The molecule has 23 heavy (non-hydrogen) atoms. The molecule has 0 atom stereocenters. The Morgan fingerprint density at radius 2 is 1.48 bits per heavy atom. The molecule has 0 spiro atoms. The average Bonchev–Trinajstić information content (AvgIpc) is 2.60. The summed E-state index contributed by atoms with van der Waals surface area (Å²) in [5.41, 5.74) is 0. The van der Waals surface area contributed by atoms with Crippen molar-refractivity contribution in [1.29, 1.82) is 0 Å². The fourth-order valence-electron chi connectivity index (χ4n) is 4.86. The minimum absolute atomic E-state index is 0.862. The van der Waals surface area contributed by atoms with E-state index in [2.05, 4.69) is 26.0 Å². The second-order valence-electron chi connectivity index (χ2n) is 8.14. The second-order valence-corrected chi connectivity index (χ2v) is 8.14. The van der Waals surface area contributed by atoms with Crippen LogP contribution >= 0.6 is 0 Å². The number of hydrogen-bond acceptors (Lipinski definition) is 1. The third kappa shape index (κ3) is 6.99. The molecule has 2 aliphatic rings. The zero-order valence-corrected chi connectivity index (χ0v) is 15.8. The van der Waals surface area contributed by atoms with Gasteiger partial charge in [-0.25, -0.2) is 0 Å². The van der Waals surface area contributed by atoms with E-state index >= 15 is 0 Å². The van der Waals surface area contributed by atoms with Gasteiger partial charge in [-0.15, -0.1) is 0 Å². The highest BCUT2D eigenvalue weighted by Gasteiger charge is 2.30. The Labute approximate surface area is 145 Å². The quantitative estimate of drug-likeness (QED) is 0.336. The third-order valence-corrected chi connectivity index (χ3v) is 6.37. The Balaban J connectivity index is 1.57. The van der Waals surface area contributed by atoms with E-state index in [-0.39, 0.29) is 0 Å². The van der Waals surface area contributed by atoms with Gasteiger partial charge in [0.25, 0.3) is 0 Å². The first kappa shape index (κ1) is 19.0. The summed E-state index contributed by atoms with van der Waals surface area (Å²) < 4.78 is 5.77. The topological polar surface area (TPSA) is 9.23 Å². The summed E-state index contributed by atoms with van der Waals surface area (Å²) in [5.74, 6) is 4.00. The molecular weight excluding hydrogens is 280 g/mol. The van der Waals surface area contributed by atoms with Crippen LogP contribution in [0.5, 0.6) is 0 Å². The summed E-state index contributed by atoms with van der Waals surface area (Å²) in [6.07, 6.45) is 21.7. The van der Waals surface area contributed by atoms with Crippen molar-refractivity contribution in [3.8, 4) is 0 Å². The molecule has 2 aliphatic carbocycles. The Kier molecular flexibility index (Phi) is 9.34. The zero-order chi connectivity index (χ0) is 16.3. The summed E-state index contributed by atoms with van der Waals surface area (Å²) in [6.45, 7) is 6.32. The van der Waals surface area contributed by atoms with Crippen LogP contribution in [0.4, 0.5) is 0 Å². The summed E-state index contributed by atoms with van der Waals surface area (Å²) in [4.78, 5) is 0. The molecule has 1 nitrogen and oxygen atoms in total. The van der Waals surface area contributed by atoms with E-state index in [1.807, 2.05) is 0 Å². The minimum atomic E-state index is 0.862. The summed E-state index contributed by atoms with van der Waals surface area (Å²) >= 11 is 0. The maximum absolute atomic E-state index is 5.77. The molecule has 0 unspecified atom stereocenters. The molecule has 134 valence electrons. The maximum Gasteiger partial charge on any atom is 0.0494 e. The lowest BCUT2D eigenvalue weighted by molar-refractivity contribution is 0.0648. The van der Waals surface area contributed by atoms with Gasteiger partial charge in [-0.1, -0.05) is 38.3 Å². The molecule has 0 aromatic carbocycles. The van der Waals surface area contributed by atoms with Crippen LogP contribution in [0.25, 0.3) is 0 Å². The number of rotatable bonds is 9. The zero-order valence-electron chi connectivity index (χ0n) is 15.8. The second kappa shape index (κ2) is 11.3. The number of hydrogen-bond donors (Lipinski definition) is 0. The van der Waals surface area contributed by atoms with Crippen LogP contribution in [-0.2, 0) is 4.74 Å². The average molecular weight is 321 g/mol. The molecule has 0 aromatic heterocycles. The van der Waals surface area contributed by atoms with Crippen molar-refractivity contribution in [2.45, 2.75) is 90.9 Å². The molecule has 0 saturated heterocycles. The van der Waals surface area contributed by atoms with E-state index in [9.17, 15) is 0 Å². The van der Waals surface area contributed by atoms with Gasteiger partial charge in [-0.2, -0.15) is 0 Å². The van der Waals surface area contributed by atoms with Crippen LogP contribution in [0.2, 0.25) is 0 Å². The number of allylic oxidation sites excluding steroid dienone is 2. The van der Waals surface area contributed by atoms with E-state index in [0.29, 0.717) is 0 Å². The fourth-order valence-corrected chi connectivity index (χ4v) is 4.86. The van der Waals surface area contributed by atoms with Crippen LogP contribution in [0.15, 0.2) is 12.2 Å². The monoisotopic (exact) mass is 320 g/mol. The standard InChI is InChI=1S/C22H40O/c1-3-5-6-7-8-19-9-13-21(14-10-19)22-15-11-20(12-16-22)18-23-17-4-2/h3,5,19-22H,4,6-18H2,1-2H3/b5-3-/t19-,20?,21-,22?. The van der Waals surface area contributed by atoms with Gasteiger partial charge in [0.1, 0.15) is 0 Å². The molecule has 0 radical (unpaired) electrons. The lowest BCUT2D eigenvalue weighted by atomic mass is 9.69. The molecule has 2 saturated carbocycles. The van der Waals surface area contributed by atoms with E-state index < -0.39 is 0 Å². The van der Waals surface area contributed by atoms with E-state index in [1.54, 1.807) is 0 Å². The first-order valence-corrected chi connectivity index (χ1v) is 10.5. The summed E-state index contributed by atoms with van der Waals surface area (Å²) in [6, 6.07) is 0. The molecule has 1 heteroatoms. The highest BCUT2D eigenvalue weighted by molar-refractivity contribution is 4.83. The van der Waals surface area contributed by atoms with E-state index in [1.165, 1.54) is 70.6 Å². The lowest BCUT2D eigenvalue weighted by Gasteiger charge is -2.38. The molecule has 0 bridgehead atoms. The van der Waals surface area contributed by atoms with Crippen molar-refractivity contribution in [3.63, 3.8) is 0 Å². The van der Waals surface area contributed by atoms with Crippen LogP contribution in [-0.4, -0.2) is 13.2 Å². The molecule has 2 rings (SSSR count). The van der Waals surface area contributed by atoms with Crippen molar-refractivity contribution in [1.82, 2.24) is 0 Å². The Bertz CT molecular complexity index is 306. The Morgan fingerprint density at radius 3 is 2.04 bits per heavy atom. The van der Waals surface area contributed by atoms with Crippen molar-refractivity contribution in [2.75, 3.05) is 13.2 Å². The Morgan fingerprint density at radius 1 is 0.870 bits per heavy atom. The molecule has 0 aliphatic heterocycles. The van der Waals surface area contributed by atoms with Crippen LogP contribution in [0.1, 0.15) is 90.9 Å². The van der Waals surface area contributed by atoms with Gasteiger partial charge in [-0.05, 0) is 88.4 Å². The SMILES string of the molecule is C/C=C\CCC[C@H]1CC[C@H](C2CCC(COCCC)CC2)CC1. The van der Waals surface area contributed by atoms with Crippen LogP contribution < -0.4 is 0 Å². The molecule has 0 N–H and O–H groups in total. The molecular formula is C22H40O. The van der Waals surface area contributed by atoms with Crippen molar-refractivity contribution in [3.05, 3.63) is 12.2 Å². The Hall–Kier alpha value is -0.300. The van der Waals surface area contributed by atoms with Crippen molar-refractivity contribution < 1.29 is 4.74 Å². The minimum Gasteiger partial charge on any atom is -0.381 e. The smallest absolute Gasteiger partial charge is 0.0494 e. The van der Waals surface area contributed by atoms with E-state index in [0.717, 1.165) is 43.3 Å². The number of ether oxygens (including phenoxy) is 1. The summed E-state index contributed by atoms with van der Waals surface area (Å²) in [5, 5.41) is 0. The van der Waals surface area contributed by atoms with Crippen LogP contribution in [0.3, 0.4) is 0 Å². The predicted molar refractivity (Wildman–Crippen MR) is 101 cm³/mol. The highest BCUT2D eigenvalue weighted by atomic mass is 16.5. The number of unbranched alkanes of at least 4 members (excludes halogenated alkanes) is 1. The molecule has 0 heterocycles. The maximum atomic E-state index is 5.77.